The molecule has 0 spiro atoms. The van der Waals surface area contributed by atoms with Crippen molar-refractivity contribution in [2.24, 2.45) is 5.73 Å². The highest BCUT2D eigenvalue weighted by Gasteiger charge is 2.04. The second kappa shape index (κ2) is 5.94. The summed E-state index contributed by atoms with van der Waals surface area (Å²) in [4.78, 5) is 11.2. The van der Waals surface area contributed by atoms with Crippen molar-refractivity contribution in [1.82, 2.24) is 0 Å². The molecule has 2 N–H and O–H groups in total. The monoisotopic (exact) mass is 217 g/mol. The molecule has 0 saturated carbocycles. The summed E-state index contributed by atoms with van der Waals surface area (Å²) < 4.78 is 5.17. The molecule has 0 saturated heterocycles. The summed E-state index contributed by atoms with van der Waals surface area (Å²) in [6.45, 7) is 2.06. The van der Waals surface area contributed by atoms with Gasteiger partial charge in [0.05, 0.1) is 12.7 Å². The highest BCUT2D eigenvalue weighted by molar-refractivity contribution is 5.94. The topological polar surface area (TPSA) is 52.3 Å². The SMILES string of the molecule is COc1ccc(C(C)=O)cc1C#CCCN. The summed E-state index contributed by atoms with van der Waals surface area (Å²) in [6.07, 6.45) is 0.632. The first kappa shape index (κ1) is 12.3. The predicted octanol–water partition coefficient (Wildman–Crippen LogP) is 1.60. The zero-order valence-corrected chi connectivity index (χ0v) is 9.54. The van der Waals surface area contributed by atoms with Gasteiger partial charge >= 0.3 is 0 Å². The normalized spacial score (nSPS) is 9.19. The molecule has 0 radical (unpaired) electrons. The minimum atomic E-state index is 0.0181. The molecular formula is C13H15NO2. The van der Waals surface area contributed by atoms with E-state index in [4.69, 9.17) is 10.5 Å². The van der Waals surface area contributed by atoms with Crippen LogP contribution in [0.2, 0.25) is 0 Å². The van der Waals surface area contributed by atoms with Gasteiger partial charge in [0.1, 0.15) is 5.75 Å². The lowest BCUT2D eigenvalue weighted by Crippen LogP contribution is -1.97. The number of carbonyl (C=O) groups excluding carboxylic acids is 1. The Bertz CT molecular complexity index is 441. The number of ether oxygens (including phenoxy) is 1. The third-order valence-corrected chi connectivity index (χ3v) is 2.10. The molecule has 0 fully saturated rings. The molecular weight excluding hydrogens is 202 g/mol. The number of rotatable bonds is 3. The predicted molar refractivity (Wildman–Crippen MR) is 63.5 cm³/mol. The van der Waals surface area contributed by atoms with Crippen LogP contribution in [0.3, 0.4) is 0 Å². The molecule has 0 amide bonds. The number of Topliss-reactive ketones (excluding diaryl/α,β-unsaturated/α-hetero) is 1. The van der Waals surface area contributed by atoms with E-state index in [2.05, 4.69) is 11.8 Å². The zero-order chi connectivity index (χ0) is 12.0. The molecule has 0 aliphatic heterocycles. The van der Waals surface area contributed by atoms with Gasteiger partial charge in [-0.05, 0) is 25.1 Å². The molecule has 0 aliphatic carbocycles. The first-order chi connectivity index (χ1) is 7.69. The van der Waals surface area contributed by atoms with E-state index in [9.17, 15) is 4.79 Å². The van der Waals surface area contributed by atoms with E-state index >= 15 is 0 Å². The van der Waals surface area contributed by atoms with Crippen LogP contribution in [0.4, 0.5) is 0 Å². The minimum Gasteiger partial charge on any atom is -0.495 e. The summed E-state index contributed by atoms with van der Waals surface area (Å²) in [5.41, 5.74) is 6.72. The van der Waals surface area contributed by atoms with E-state index in [1.54, 1.807) is 25.3 Å². The highest BCUT2D eigenvalue weighted by Crippen LogP contribution is 2.19. The Hall–Kier alpha value is -1.79. The summed E-state index contributed by atoms with van der Waals surface area (Å²) in [5.74, 6) is 6.57. The molecule has 0 bridgehead atoms. The first-order valence-corrected chi connectivity index (χ1v) is 5.07. The summed E-state index contributed by atoms with van der Waals surface area (Å²) in [7, 11) is 1.58. The Kier molecular flexibility index (Phi) is 4.56. The largest absolute Gasteiger partial charge is 0.495 e. The minimum absolute atomic E-state index is 0.0181. The van der Waals surface area contributed by atoms with Gasteiger partial charge in [-0.1, -0.05) is 11.8 Å². The lowest BCUT2D eigenvalue weighted by Gasteiger charge is -2.04. The van der Waals surface area contributed by atoms with Crippen LogP contribution in [-0.4, -0.2) is 19.4 Å². The van der Waals surface area contributed by atoms with Crippen LogP contribution in [0.15, 0.2) is 18.2 Å². The van der Waals surface area contributed by atoms with Crippen molar-refractivity contribution in [3.8, 4) is 17.6 Å². The molecule has 16 heavy (non-hydrogen) atoms. The molecule has 0 aliphatic rings. The molecule has 0 heterocycles. The van der Waals surface area contributed by atoms with Gasteiger partial charge in [0.25, 0.3) is 0 Å². The first-order valence-electron chi connectivity index (χ1n) is 5.07. The van der Waals surface area contributed by atoms with E-state index in [1.165, 1.54) is 6.92 Å². The molecule has 0 atom stereocenters. The Morgan fingerprint density at radius 3 is 2.81 bits per heavy atom. The van der Waals surface area contributed by atoms with Crippen molar-refractivity contribution in [3.63, 3.8) is 0 Å². The molecule has 1 rings (SSSR count). The number of nitrogens with two attached hydrogens (primary N) is 1. The van der Waals surface area contributed by atoms with Crippen molar-refractivity contribution < 1.29 is 9.53 Å². The molecule has 0 unspecified atom stereocenters. The average Bonchev–Trinajstić information content (AvgIpc) is 2.29. The van der Waals surface area contributed by atoms with Gasteiger partial charge in [0, 0.05) is 18.5 Å². The Balaban J connectivity index is 3.08. The number of hydrogen-bond acceptors (Lipinski definition) is 3. The number of hydrogen-bond donors (Lipinski definition) is 1. The molecule has 0 aromatic heterocycles. The van der Waals surface area contributed by atoms with Crippen LogP contribution in [0, 0.1) is 11.8 Å². The van der Waals surface area contributed by atoms with Crippen molar-refractivity contribution in [2.45, 2.75) is 13.3 Å². The molecule has 1 aromatic carbocycles. The fraction of sp³-hybridized carbons (Fsp3) is 0.308. The Labute approximate surface area is 95.6 Å². The second-order valence-electron chi connectivity index (χ2n) is 3.31. The van der Waals surface area contributed by atoms with Crippen LogP contribution in [0.5, 0.6) is 5.75 Å². The van der Waals surface area contributed by atoms with Crippen LogP contribution in [0.1, 0.15) is 29.3 Å². The van der Waals surface area contributed by atoms with Crippen molar-refractivity contribution in [1.29, 1.82) is 0 Å². The van der Waals surface area contributed by atoms with Crippen molar-refractivity contribution in [2.75, 3.05) is 13.7 Å². The lowest BCUT2D eigenvalue weighted by molar-refractivity contribution is 0.101. The number of ketones is 1. The van der Waals surface area contributed by atoms with Gasteiger partial charge < -0.3 is 10.5 Å². The maximum Gasteiger partial charge on any atom is 0.159 e. The number of carbonyl (C=O) groups is 1. The van der Waals surface area contributed by atoms with E-state index < -0.39 is 0 Å². The van der Waals surface area contributed by atoms with Crippen LogP contribution in [0.25, 0.3) is 0 Å². The third kappa shape index (κ3) is 3.11. The fourth-order valence-electron chi connectivity index (χ4n) is 1.25. The van der Waals surface area contributed by atoms with Crippen LogP contribution >= 0.6 is 0 Å². The molecule has 84 valence electrons. The van der Waals surface area contributed by atoms with Gasteiger partial charge in [-0.25, -0.2) is 0 Å². The van der Waals surface area contributed by atoms with Gasteiger partial charge in [-0.2, -0.15) is 0 Å². The smallest absolute Gasteiger partial charge is 0.159 e. The molecule has 3 nitrogen and oxygen atoms in total. The van der Waals surface area contributed by atoms with E-state index in [0.29, 0.717) is 24.3 Å². The van der Waals surface area contributed by atoms with Crippen LogP contribution in [-0.2, 0) is 0 Å². The molecule has 3 heteroatoms. The van der Waals surface area contributed by atoms with Gasteiger partial charge in [0.15, 0.2) is 5.78 Å². The number of methoxy groups -OCH3 is 1. The maximum atomic E-state index is 11.2. The van der Waals surface area contributed by atoms with Crippen molar-refractivity contribution >= 4 is 5.78 Å². The Morgan fingerprint density at radius 2 is 2.25 bits per heavy atom. The van der Waals surface area contributed by atoms with Crippen molar-refractivity contribution in [3.05, 3.63) is 29.3 Å². The highest BCUT2D eigenvalue weighted by atomic mass is 16.5. The van der Waals surface area contributed by atoms with E-state index in [-0.39, 0.29) is 5.78 Å². The summed E-state index contributed by atoms with van der Waals surface area (Å²) in [5, 5.41) is 0. The Morgan fingerprint density at radius 1 is 1.50 bits per heavy atom. The zero-order valence-electron chi connectivity index (χ0n) is 9.54. The quantitative estimate of drug-likeness (QED) is 0.618. The third-order valence-electron chi connectivity index (χ3n) is 2.10. The average molecular weight is 217 g/mol. The van der Waals surface area contributed by atoms with Gasteiger partial charge in [-0.3, -0.25) is 4.79 Å². The standard InChI is InChI=1S/C13H15NO2/c1-10(15)11-6-7-13(16-2)12(9-11)5-3-4-8-14/h6-7,9H,4,8,14H2,1-2H3. The lowest BCUT2D eigenvalue weighted by atomic mass is 10.1. The maximum absolute atomic E-state index is 11.2. The summed E-state index contributed by atoms with van der Waals surface area (Å²) in [6, 6.07) is 5.23. The molecule has 1 aromatic rings. The fourth-order valence-corrected chi connectivity index (χ4v) is 1.25. The van der Waals surface area contributed by atoms with Crippen LogP contribution < -0.4 is 10.5 Å². The van der Waals surface area contributed by atoms with E-state index in [1.807, 2.05) is 0 Å². The number of benzene rings is 1. The second-order valence-corrected chi connectivity index (χ2v) is 3.31. The van der Waals surface area contributed by atoms with E-state index in [0.717, 1.165) is 5.56 Å². The van der Waals surface area contributed by atoms with Gasteiger partial charge in [-0.15, -0.1) is 0 Å². The van der Waals surface area contributed by atoms with Gasteiger partial charge in [0.2, 0.25) is 0 Å². The summed E-state index contributed by atoms with van der Waals surface area (Å²) >= 11 is 0.